The second-order valence-electron chi connectivity index (χ2n) is 4.93. The molecule has 6 heteroatoms. The number of aliphatic carboxylic acids is 1. The lowest BCUT2D eigenvalue weighted by atomic mass is 9.84. The van der Waals surface area contributed by atoms with Crippen molar-refractivity contribution < 1.29 is 14.7 Å². The third-order valence-electron chi connectivity index (χ3n) is 3.58. The lowest BCUT2D eigenvalue weighted by Crippen LogP contribution is -2.45. The van der Waals surface area contributed by atoms with Gasteiger partial charge in [0.15, 0.2) is 0 Å². The molecule has 1 aliphatic rings. The van der Waals surface area contributed by atoms with Crippen molar-refractivity contribution in [3.05, 3.63) is 33.3 Å². The number of carbonyl (C=O) groups excluding carboxylic acids is 1. The van der Waals surface area contributed by atoms with Gasteiger partial charge in [0, 0.05) is 10.5 Å². The molecule has 1 aromatic carbocycles. The van der Waals surface area contributed by atoms with Crippen molar-refractivity contribution >= 4 is 39.4 Å². The van der Waals surface area contributed by atoms with Crippen LogP contribution in [0.2, 0.25) is 5.02 Å². The van der Waals surface area contributed by atoms with E-state index in [0.717, 1.165) is 17.3 Å². The molecule has 1 saturated carbocycles. The van der Waals surface area contributed by atoms with E-state index in [1.54, 1.807) is 18.2 Å². The standard InChI is InChI=1S/C14H15BrClNO3/c15-8-5-6-9(11(16)7-8)13(18)17-12-4-2-1-3-10(12)14(19)20/h5-7,10,12H,1-4H2,(H,17,18)(H,19,20). The first-order valence-electron chi connectivity index (χ1n) is 6.48. The van der Waals surface area contributed by atoms with E-state index in [1.165, 1.54) is 0 Å². The van der Waals surface area contributed by atoms with Crippen LogP contribution in [0.1, 0.15) is 36.0 Å². The fourth-order valence-corrected chi connectivity index (χ4v) is 3.28. The van der Waals surface area contributed by atoms with Crippen molar-refractivity contribution in [3.63, 3.8) is 0 Å². The Hall–Kier alpha value is -1.07. The Morgan fingerprint density at radius 1 is 1.30 bits per heavy atom. The summed E-state index contributed by atoms with van der Waals surface area (Å²) in [7, 11) is 0. The van der Waals surface area contributed by atoms with Gasteiger partial charge in [0.05, 0.1) is 16.5 Å². The highest BCUT2D eigenvalue weighted by Crippen LogP contribution is 2.26. The number of rotatable bonds is 3. The lowest BCUT2D eigenvalue weighted by molar-refractivity contribution is -0.143. The number of benzene rings is 1. The van der Waals surface area contributed by atoms with Crippen molar-refractivity contribution in [2.75, 3.05) is 0 Å². The zero-order chi connectivity index (χ0) is 14.7. The van der Waals surface area contributed by atoms with E-state index < -0.39 is 11.9 Å². The van der Waals surface area contributed by atoms with Crippen molar-refractivity contribution in [1.82, 2.24) is 5.32 Å². The van der Waals surface area contributed by atoms with Crippen LogP contribution in [0.25, 0.3) is 0 Å². The minimum absolute atomic E-state index is 0.319. The molecule has 0 radical (unpaired) electrons. The monoisotopic (exact) mass is 359 g/mol. The highest BCUT2D eigenvalue weighted by Gasteiger charge is 2.32. The topological polar surface area (TPSA) is 66.4 Å². The summed E-state index contributed by atoms with van der Waals surface area (Å²) in [6, 6.07) is 4.68. The molecule has 1 amide bonds. The summed E-state index contributed by atoms with van der Waals surface area (Å²) >= 11 is 9.31. The van der Waals surface area contributed by atoms with Gasteiger partial charge in [0.1, 0.15) is 0 Å². The molecule has 108 valence electrons. The molecule has 2 atom stereocenters. The number of amides is 1. The Labute approximate surface area is 130 Å². The maximum absolute atomic E-state index is 12.2. The number of hydrogen-bond donors (Lipinski definition) is 2. The fraction of sp³-hybridized carbons (Fsp3) is 0.429. The fourth-order valence-electron chi connectivity index (χ4n) is 2.52. The van der Waals surface area contributed by atoms with E-state index in [-0.39, 0.29) is 11.9 Å². The third-order valence-corrected chi connectivity index (χ3v) is 4.38. The average Bonchev–Trinajstić information content (AvgIpc) is 2.38. The molecular weight excluding hydrogens is 346 g/mol. The van der Waals surface area contributed by atoms with Crippen LogP contribution in [0.15, 0.2) is 22.7 Å². The van der Waals surface area contributed by atoms with Gasteiger partial charge in [-0.05, 0) is 31.0 Å². The van der Waals surface area contributed by atoms with Crippen LogP contribution in [0, 0.1) is 5.92 Å². The van der Waals surface area contributed by atoms with Gasteiger partial charge < -0.3 is 10.4 Å². The van der Waals surface area contributed by atoms with Crippen molar-refractivity contribution in [2.24, 2.45) is 5.92 Å². The first kappa shape index (κ1) is 15.3. The Balaban J connectivity index is 2.11. The largest absolute Gasteiger partial charge is 0.481 e. The van der Waals surface area contributed by atoms with Gasteiger partial charge in [0.2, 0.25) is 0 Å². The molecule has 0 aromatic heterocycles. The van der Waals surface area contributed by atoms with E-state index in [2.05, 4.69) is 21.2 Å². The maximum Gasteiger partial charge on any atom is 0.308 e. The molecule has 4 nitrogen and oxygen atoms in total. The SMILES string of the molecule is O=C(NC1CCCCC1C(=O)O)c1ccc(Br)cc1Cl. The predicted molar refractivity (Wildman–Crippen MR) is 80.0 cm³/mol. The van der Waals surface area contributed by atoms with Gasteiger partial charge in [-0.25, -0.2) is 0 Å². The number of nitrogens with one attached hydrogen (secondary N) is 1. The summed E-state index contributed by atoms with van der Waals surface area (Å²) < 4.78 is 0.792. The summed E-state index contributed by atoms with van der Waals surface area (Å²) in [5.41, 5.74) is 0.365. The van der Waals surface area contributed by atoms with Gasteiger partial charge in [-0.3, -0.25) is 9.59 Å². The number of carboxylic acids is 1. The zero-order valence-corrected chi connectivity index (χ0v) is 13.1. The molecule has 2 N–H and O–H groups in total. The van der Waals surface area contributed by atoms with E-state index in [0.29, 0.717) is 23.4 Å². The Morgan fingerprint density at radius 2 is 2.00 bits per heavy atom. The molecule has 1 aromatic rings. The molecule has 0 heterocycles. The molecule has 0 bridgehead atoms. The van der Waals surface area contributed by atoms with Crippen molar-refractivity contribution in [3.8, 4) is 0 Å². The second-order valence-corrected chi connectivity index (χ2v) is 6.26. The highest BCUT2D eigenvalue weighted by atomic mass is 79.9. The van der Waals surface area contributed by atoms with Gasteiger partial charge >= 0.3 is 5.97 Å². The average molecular weight is 361 g/mol. The molecule has 2 rings (SSSR count). The first-order chi connectivity index (χ1) is 9.49. The first-order valence-corrected chi connectivity index (χ1v) is 7.65. The summed E-state index contributed by atoms with van der Waals surface area (Å²) in [6.45, 7) is 0. The minimum atomic E-state index is -0.850. The normalized spacial score (nSPS) is 22.3. The molecule has 0 spiro atoms. The smallest absolute Gasteiger partial charge is 0.308 e. The van der Waals surface area contributed by atoms with Gasteiger partial charge in [0.25, 0.3) is 5.91 Å². The molecular formula is C14H15BrClNO3. The van der Waals surface area contributed by atoms with Gasteiger partial charge in [-0.1, -0.05) is 40.4 Å². The lowest BCUT2D eigenvalue weighted by Gasteiger charge is -2.29. The van der Waals surface area contributed by atoms with Crippen LogP contribution in [0.4, 0.5) is 0 Å². The summed E-state index contributed by atoms with van der Waals surface area (Å²) in [5.74, 6) is -1.68. The van der Waals surface area contributed by atoms with Crippen LogP contribution in [-0.2, 0) is 4.79 Å². The maximum atomic E-state index is 12.2. The van der Waals surface area contributed by atoms with E-state index >= 15 is 0 Å². The number of hydrogen-bond acceptors (Lipinski definition) is 2. The van der Waals surface area contributed by atoms with Crippen LogP contribution < -0.4 is 5.32 Å². The summed E-state index contributed by atoms with van der Waals surface area (Å²) in [4.78, 5) is 23.4. The summed E-state index contributed by atoms with van der Waals surface area (Å²) in [5, 5.41) is 12.4. The predicted octanol–water partition coefficient (Wildman–Crippen LogP) is 3.48. The number of carboxylic acid groups (broad SMARTS) is 1. The molecule has 20 heavy (non-hydrogen) atoms. The van der Waals surface area contributed by atoms with Crippen LogP contribution in [-0.4, -0.2) is 23.0 Å². The quantitative estimate of drug-likeness (QED) is 0.867. The molecule has 1 fully saturated rings. The van der Waals surface area contributed by atoms with E-state index in [4.69, 9.17) is 11.6 Å². The molecule has 1 aliphatic carbocycles. The van der Waals surface area contributed by atoms with Crippen LogP contribution >= 0.6 is 27.5 Å². The highest BCUT2D eigenvalue weighted by molar-refractivity contribution is 9.10. The van der Waals surface area contributed by atoms with Gasteiger partial charge in [-0.15, -0.1) is 0 Å². The Bertz CT molecular complexity index is 535. The van der Waals surface area contributed by atoms with E-state index in [1.807, 2.05) is 0 Å². The van der Waals surface area contributed by atoms with Crippen molar-refractivity contribution in [1.29, 1.82) is 0 Å². The molecule has 0 aliphatic heterocycles. The third kappa shape index (κ3) is 3.52. The molecule has 0 saturated heterocycles. The minimum Gasteiger partial charge on any atom is -0.481 e. The van der Waals surface area contributed by atoms with E-state index in [9.17, 15) is 14.7 Å². The van der Waals surface area contributed by atoms with Crippen LogP contribution in [0.3, 0.4) is 0 Å². The van der Waals surface area contributed by atoms with Crippen LogP contribution in [0.5, 0.6) is 0 Å². The Morgan fingerprint density at radius 3 is 2.65 bits per heavy atom. The number of halogens is 2. The molecule has 2 unspecified atom stereocenters. The van der Waals surface area contributed by atoms with Crippen molar-refractivity contribution in [2.45, 2.75) is 31.7 Å². The Kier molecular flexibility index (Phi) is 5.05. The zero-order valence-electron chi connectivity index (χ0n) is 10.7. The summed E-state index contributed by atoms with van der Waals surface area (Å²) in [6.07, 6.45) is 3.12. The number of carbonyl (C=O) groups is 2. The second kappa shape index (κ2) is 6.59. The van der Waals surface area contributed by atoms with Gasteiger partial charge in [-0.2, -0.15) is 0 Å².